The van der Waals surface area contributed by atoms with Crippen molar-refractivity contribution in [2.75, 3.05) is 19.7 Å². The molecule has 0 aliphatic carbocycles. The number of aromatic nitrogens is 2. The van der Waals surface area contributed by atoms with Crippen molar-refractivity contribution < 1.29 is 9.26 Å². The SMILES string of the molecule is CCCCNC(=NCc1nc(C(C)OCC)no1)NCC.I. The number of aliphatic imine (C=N–C) groups is 1. The highest BCUT2D eigenvalue weighted by molar-refractivity contribution is 14.0. The van der Waals surface area contributed by atoms with Gasteiger partial charge in [-0.25, -0.2) is 4.99 Å². The molecule has 0 spiro atoms. The summed E-state index contributed by atoms with van der Waals surface area (Å²) in [6, 6.07) is 0. The minimum Gasteiger partial charge on any atom is -0.371 e. The molecule has 0 amide bonds. The Morgan fingerprint density at radius 2 is 2.09 bits per heavy atom. The number of ether oxygens (including phenoxy) is 1. The Morgan fingerprint density at radius 1 is 1.32 bits per heavy atom. The summed E-state index contributed by atoms with van der Waals surface area (Å²) in [5.74, 6) is 1.82. The lowest BCUT2D eigenvalue weighted by Crippen LogP contribution is -2.37. The molecule has 0 bridgehead atoms. The van der Waals surface area contributed by atoms with E-state index in [0.717, 1.165) is 31.9 Å². The molecule has 8 heteroatoms. The summed E-state index contributed by atoms with van der Waals surface area (Å²) >= 11 is 0. The van der Waals surface area contributed by atoms with Crippen LogP contribution in [0.15, 0.2) is 9.52 Å². The van der Waals surface area contributed by atoms with Crippen molar-refractivity contribution in [1.82, 2.24) is 20.8 Å². The molecule has 1 aromatic heterocycles. The van der Waals surface area contributed by atoms with E-state index in [1.165, 1.54) is 0 Å². The van der Waals surface area contributed by atoms with Crippen LogP contribution in [0.1, 0.15) is 58.4 Å². The molecule has 0 aromatic carbocycles. The molecular formula is C14H28IN5O2. The van der Waals surface area contributed by atoms with E-state index in [-0.39, 0.29) is 30.1 Å². The number of guanidine groups is 1. The van der Waals surface area contributed by atoms with Crippen LogP contribution in [0.25, 0.3) is 0 Å². The maximum Gasteiger partial charge on any atom is 0.248 e. The number of nitrogens with one attached hydrogen (secondary N) is 2. The molecule has 1 aromatic rings. The van der Waals surface area contributed by atoms with Crippen LogP contribution in [0.2, 0.25) is 0 Å². The molecule has 0 aliphatic rings. The fourth-order valence-electron chi connectivity index (χ4n) is 1.69. The number of unbranched alkanes of at least 4 members (excludes halogenated alkanes) is 1. The summed E-state index contributed by atoms with van der Waals surface area (Å²) in [6.45, 7) is 10.7. The zero-order chi connectivity index (χ0) is 15.5. The van der Waals surface area contributed by atoms with Gasteiger partial charge in [0.2, 0.25) is 5.89 Å². The van der Waals surface area contributed by atoms with Crippen LogP contribution < -0.4 is 10.6 Å². The molecule has 22 heavy (non-hydrogen) atoms. The van der Waals surface area contributed by atoms with Crippen molar-refractivity contribution in [3.05, 3.63) is 11.7 Å². The van der Waals surface area contributed by atoms with E-state index < -0.39 is 0 Å². The zero-order valence-electron chi connectivity index (χ0n) is 13.9. The molecule has 2 N–H and O–H groups in total. The van der Waals surface area contributed by atoms with Crippen molar-refractivity contribution >= 4 is 29.9 Å². The quantitative estimate of drug-likeness (QED) is 0.274. The lowest BCUT2D eigenvalue weighted by Gasteiger charge is -2.09. The Morgan fingerprint density at radius 3 is 2.73 bits per heavy atom. The number of rotatable bonds is 9. The van der Waals surface area contributed by atoms with E-state index in [0.29, 0.717) is 24.9 Å². The van der Waals surface area contributed by atoms with Gasteiger partial charge in [-0.1, -0.05) is 18.5 Å². The lowest BCUT2D eigenvalue weighted by molar-refractivity contribution is 0.0683. The van der Waals surface area contributed by atoms with Crippen LogP contribution in [-0.4, -0.2) is 35.8 Å². The highest BCUT2D eigenvalue weighted by Gasteiger charge is 2.13. The predicted octanol–water partition coefficient (Wildman–Crippen LogP) is 2.64. The third kappa shape index (κ3) is 7.92. The fourth-order valence-corrected chi connectivity index (χ4v) is 1.69. The van der Waals surface area contributed by atoms with Gasteiger partial charge >= 0.3 is 0 Å². The van der Waals surface area contributed by atoms with Gasteiger partial charge < -0.3 is 19.9 Å². The van der Waals surface area contributed by atoms with Crippen molar-refractivity contribution in [2.45, 2.75) is 53.2 Å². The second-order valence-electron chi connectivity index (χ2n) is 4.62. The monoisotopic (exact) mass is 425 g/mol. The van der Waals surface area contributed by atoms with Crippen LogP contribution in [0.3, 0.4) is 0 Å². The second-order valence-corrected chi connectivity index (χ2v) is 4.62. The van der Waals surface area contributed by atoms with Gasteiger partial charge in [-0.15, -0.1) is 24.0 Å². The topological polar surface area (TPSA) is 84.6 Å². The van der Waals surface area contributed by atoms with Crippen LogP contribution in [0.4, 0.5) is 0 Å². The normalized spacial score (nSPS) is 12.6. The Balaban J connectivity index is 0.00000441. The summed E-state index contributed by atoms with van der Waals surface area (Å²) in [5, 5.41) is 10.4. The van der Waals surface area contributed by atoms with Crippen molar-refractivity contribution in [3.8, 4) is 0 Å². The summed E-state index contributed by atoms with van der Waals surface area (Å²) < 4.78 is 10.6. The molecule has 0 saturated carbocycles. The Hall–Kier alpha value is -0.900. The zero-order valence-corrected chi connectivity index (χ0v) is 16.2. The van der Waals surface area contributed by atoms with Crippen molar-refractivity contribution in [3.63, 3.8) is 0 Å². The summed E-state index contributed by atoms with van der Waals surface area (Å²) in [4.78, 5) is 8.72. The highest BCUT2D eigenvalue weighted by atomic mass is 127. The largest absolute Gasteiger partial charge is 0.371 e. The molecular weight excluding hydrogens is 397 g/mol. The average Bonchev–Trinajstić information content (AvgIpc) is 2.94. The minimum absolute atomic E-state index is 0. The van der Waals surface area contributed by atoms with Gasteiger partial charge in [0, 0.05) is 19.7 Å². The van der Waals surface area contributed by atoms with Gasteiger partial charge in [0.1, 0.15) is 12.6 Å². The van der Waals surface area contributed by atoms with Crippen LogP contribution >= 0.6 is 24.0 Å². The first kappa shape index (κ1) is 21.1. The molecule has 128 valence electrons. The average molecular weight is 425 g/mol. The van der Waals surface area contributed by atoms with E-state index in [4.69, 9.17) is 9.26 Å². The molecule has 0 radical (unpaired) electrons. The summed E-state index contributed by atoms with van der Waals surface area (Å²) in [7, 11) is 0. The maximum atomic E-state index is 5.43. The first-order valence-electron chi connectivity index (χ1n) is 7.67. The van der Waals surface area contributed by atoms with Gasteiger partial charge in [-0.3, -0.25) is 0 Å². The molecule has 7 nitrogen and oxygen atoms in total. The van der Waals surface area contributed by atoms with Crippen molar-refractivity contribution in [1.29, 1.82) is 0 Å². The Labute approximate surface area is 149 Å². The number of hydrogen-bond donors (Lipinski definition) is 2. The molecule has 1 atom stereocenters. The Kier molecular flexibility index (Phi) is 12.1. The summed E-state index contributed by atoms with van der Waals surface area (Å²) in [6.07, 6.45) is 2.10. The molecule has 0 aliphatic heterocycles. The van der Waals surface area contributed by atoms with Gasteiger partial charge in [0.25, 0.3) is 0 Å². The van der Waals surface area contributed by atoms with Crippen LogP contribution in [-0.2, 0) is 11.3 Å². The second kappa shape index (κ2) is 12.6. The van der Waals surface area contributed by atoms with Gasteiger partial charge in [-0.05, 0) is 27.2 Å². The Bertz CT molecular complexity index is 425. The van der Waals surface area contributed by atoms with Gasteiger partial charge in [0.15, 0.2) is 11.8 Å². The standard InChI is InChI=1S/C14H27N5O2.HI/c1-5-8-9-16-14(15-6-2)17-10-12-18-13(19-21-12)11(4)20-7-3;/h11H,5-10H2,1-4H3,(H2,15,16,17);1H. The first-order chi connectivity index (χ1) is 10.2. The number of halogens is 1. The third-order valence-electron chi connectivity index (χ3n) is 2.80. The smallest absolute Gasteiger partial charge is 0.248 e. The molecule has 0 saturated heterocycles. The molecule has 1 rings (SSSR count). The fraction of sp³-hybridized carbons (Fsp3) is 0.786. The van der Waals surface area contributed by atoms with Crippen molar-refractivity contribution in [2.24, 2.45) is 4.99 Å². The van der Waals surface area contributed by atoms with Crippen LogP contribution in [0, 0.1) is 0 Å². The predicted molar refractivity (Wildman–Crippen MR) is 97.5 cm³/mol. The molecule has 1 unspecified atom stereocenters. The first-order valence-corrected chi connectivity index (χ1v) is 7.67. The third-order valence-corrected chi connectivity index (χ3v) is 2.80. The minimum atomic E-state index is -0.160. The van der Waals surface area contributed by atoms with Gasteiger partial charge in [-0.2, -0.15) is 4.98 Å². The summed E-state index contributed by atoms with van der Waals surface area (Å²) in [5.41, 5.74) is 0. The van der Waals surface area contributed by atoms with Crippen LogP contribution in [0.5, 0.6) is 0 Å². The highest BCUT2D eigenvalue weighted by Crippen LogP contribution is 2.12. The molecule has 1 heterocycles. The van der Waals surface area contributed by atoms with Gasteiger partial charge in [0.05, 0.1) is 0 Å². The number of hydrogen-bond acceptors (Lipinski definition) is 5. The maximum absolute atomic E-state index is 5.43. The van der Waals surface area contributed by atoms with E-state index in [2.05, 4.69) is 32.7 Å². The van der Waals surface area contributed by atoms with E-state index in [9.17, 15) is 0 Å². The number of nitrogens with zero attached hydrogens (tertiary/aromatic N) is 3. The van der Waals surface area contributed by atoms with E-state index in [1.54, 1.807) is 0 Å². The van der Waals surface area contributed by atoms with E-state index >= 15 is 0 Å². The van der Waals surface area contributed by atoms with E-state index in [1.807, 2.05) is 20.8 Å². The molecule has 0 fully saturated rings. The lowest BCUT2D eigenvalue weighted by atomic mass is 10.3.